The third-order valence-corrected chi connectivity index (χ3v) is 3.74. The molecule has 0 aliphatic carbocycles. The third-order valence-electron chi connectivity index (χ3n) is 3.45. The Hall–Kier alpha value is -0.600. The zero-order chi connectivity index (χ0) is 13.0. The van der Waals surface area contributed by atoms with E-state index >= 15 is 0 Å². The number of hydrogen-bond acceptors (Lipinski definition) is 1. The molecule has 1 aromatic carbocycles. The van der Waals surface area contributed by atoms with Crippen LogP contribution in [0, 0.1) is 11.7 Å². The van der Waals surface area contributed by atoms with E-state index in [2.05, 4.69) is 33.0 Å². The predicted molar refractivity (Wildman–Crippen MR) is 71.9 cm³/mol. The van der Waals surface area contributed by atoms with Crippen molar-refractivity contribution in [2.24, 2.45) is 5.92 Å². The smallest absolute Gasteiger partial charge is 0.141 e. The summed E-state index contributed by atoms with van der Waals surface area (Å²) in [6.45, 7) is 8.66. The van der Waals surface area contributed by atoms with Crippen LogP contribution in [-0.4, -0.2) is 6.04 Å². The molecule has 1 N–H and O–H groups in total. The molecule has 0 aromatic heterocycles. The summed E-state index contributed by atoms with van der Waals surface area (Å²) in [6.07, 6.45) is 1.14. The van der Waals surface area contributed by atoms with Crippen LogP contribution >= 0.6 is 11.6 Å². The van der Waals surface area contributed by atoms with Gasteiger partial charge in [-0.05, 0) is 37.5 Å². The summed E-state index contributed by atoms with van der Waals surface area (Å²) in [4.78, 5) is 0. The molecule has 0 bridgehead atoms. The predicted octanol–water partition coefficient (Wildman–Crippen LogP) is 4.56. The van der Waals surface area contributed by atoms with Gasteiger partial charge in [-0.1, -0.05) is 37.9 Å². The van der Waals surface area contributed by atoms with Gasteiger partial charge in [-0.25, -0.2) is 4.39 Å². The van der Waals surface area contributed by atoms with Crippen LogP contribution in [0.2, 0.25) is 5.02 Å². The molecule has 0 saturated carbocycles. The van der Waals surface area contributed by atoms with Crippen molar-refractivity contribution in [1.29, 1.82) is 0 Å². The molecule has 17 heavy (non-hydrogen) atoms. The molecule has 1 nitrogen and oxygen atoms in total. The monoisotopic (exact) mass is 257 g/mol. The first-order valence-corrected chi connectivity index (χ1v) is 6.54. The van der Waals surface area contributed by atoms with E-state index in [0.717, 1.165) is 12.0 Å². The van der Waals surface area contributed by atoms with Gasteiger partial charge in [0.2, 0.25) is 0 Å². The van der Waals surface area contributed by atoms with E-state index in [-0.39, 0.29) is 16.9 Å². The molecule has 3 heteroatoms. The number of rotatable bonds is 5. The first-order valence-electron chi connectivity index (χ1n) is 6.16. The summed E-state index contributed by atoms with van der Waals surface area (Å²) >= 11 is 5.78. The molecular formula is C14H21ClFN. The lowest BCUT2D eigenvalue weighted by atomic mass is 9.99. The molecule has 0 aliphatic rings. The van der Waals surface area contributed by atoms with Crippen molar-refractivity contribution in [2.75, 3.05) is 0 Å². The van der Waals surface area contributed by atoms with Crippen molar-refractivity contribution in [1.82, 2.24) is 5.32 Å². The maximum atomic E-state index is 13.1. The fourth-order valence-corrected chi connectivity index (χ4v) is 1.98. The Balaban J connectivity index is 2.69. The van der Waals surface area contributed by atoms with Gasteiger partial charge in [0.25, 0.3) is 0 Å². The number of hydrogen-bond donors (Lipinski definition) is 1. The number of benzene rings is 1. The molecule has 3 unspecified atom stereocenters. The van der Waals surface area contributed by atoms with Crippen LogP contribution in [0.25, 0.3) is 0 Å². The molecule has 1 aromatic rings. The van der Waals surface area contributed by atoms with E-state index in [0.29, 0.717) is 12.0 Å². The SMILES string of the molecule is CCC(C)C(C)NC(C)c1ccc(F)c(Cl)c1. The Kier molecular flexibility index (Phi) is 5.41. The maximum absolute atomic E-state index is 13.1. The van der Waals surface area contributed by atoms with Gasteiger partial charge in [0.05, 0.1) is 5.02 Å². The molecule has 0 fully saturated rings. The summed E-state index contributed by atoms with van der Waals surface area (Å²) < 4.78 is 13.1. The summed E-state index contributed by atoms with van der Waals surface area (Å²) in [7, 11) is 0. The van der Waals surface area contributed by atoms with Crippen LogP contribution < -0.4 is 5.32 Å². The van der Waals surface area contributed by atoms with Crippen molar-refractivity contribution in [3.05, 3.63) is 34.6 Å². The van der Waals surface area contributed by atoms with Crippen molar-refractivity contribution in [2.45, 2.75) is 46.2 Å². The lowest BCUT2D eigenvalue weighted by Crippen LogP contribution is -2.33. The highest BCUT2D eigenvalue weighted by Gasteiger charge is 2.14. The van der Waals surface area contributed by atoms with Crippen LogP contribution in [-0.2, 0) is 0 Å². The van der Waals surface area contributed by atoms with Crippen LogP contribution in [0.4, 0.5) is 4.39 Å². The minimum absolute atomic E-state index is 0.178. The second-order valence-corrected chi connectivity index (χ2v) is 5.14. The Morgan fingerprint density at radius 1 is 1.29 bits per heavy atom. The molecule has 0 aliphatic heterocycles. The Labute approximate surface area is 108 Å². The zero-order valence-electron chi connectivity index (χ0n) is 10.9. The van der Waals surface area contributed by atoms with Gasteiger partial charge in [-0.15, -0.1) is 0 Å². The van der Waals surface area contributed by atoms with Crippen molar-refractivity contribution >= 4 is 11.6 Å². The second-order valence-electron chi connectivity index (χ2n) is 4.74. The molecular weight excluding hydrogens is 237 g/mol. The molecule has 3 atom stereocenters. The Morgan fingerprint density at radius 2 is 1.94 bits per heavy atom. The van der Waals surface area contributed by atoms with Crippen molar-refractivity contribution in [3.63, 3.8) is 0 Å². The van der Waals surface area contributed by atoms with Gasteiger partial charge >= 0.3 is 0 Å². The molecule has 0 radical (unpaired) electrons. The molecule has 0 amide bonds. The van der Waals surface area contributed by atoms with E-state index in [1.807, 2.05) is 0 Å². The standard InChI is InChI=1S/C14H21ClFN/c1-5-9(2)10(3)17-11(4)12-6-7-14(16)13(15)8-12/h6-11,17H,5H2,1-4H3. The summed E-state index contributed by atoms with van der Waals surface area (Å²) in [5.74, 6) is 0.256. The second kappa shape index (κ2) is 6.36. The normalized spacial score (nSPS) is 16.6. The van der Waals surface area contributed by atoms with E-state index in [9.17, 15) is 4.39 Å². The highest BCUT2D eigenvalue weighted by Crippen LogP contribution is 2.22. The highest BCUT2D eigenvalue weighted by molar-refractivity contribution is 6.30. The number of nitrogens with one attached hydrogen (secondary N) is 1. The average Bonchev–Trinajstić information content (AvgIpc) is 2.31. The molecule has 0 heterocycles. The van der Waals surface area contributed by atoms with E-state index in [1.54, 1.807) is 12.1 Å². The van der Waals surface area contributed by atoms with E-state index < -0.39 is 0 Å². The highest BCUT2D eigenvalue weighted by atomic mass is 35.5. The quantitative estimate of drug-likeness (QED) is 0.815. The summed E-state index contributed by atoms with van der Waals surface area (Å²) in [5, 5.41) is 3.70. The van der Waals surface area contributed by atoms with Crippen molar-refractivity contribution < 1.29 is 4.39 Å². The lowest BCUT2D eigenvalue weighted by molar-refractivity contribution is 0.360. The lowest BCUT2D eigenvalue weighted by Gasteiger charge is -2.25. The van der Waals surface area contributed by atoms with Crippen LogP contribution in [0.5, 0.6) is 0 Å². The largest absolute Gasteiger partial charge is 0.307 e. The van der Waals surface area contributed by atoms with Gasteiger partial charge < -0.3 is 5.32 Å². The minimum atomic E-state index is -0.363. The Morgan fingerprint density at radius 3 is 2.47 bits per heavy atom. The molecule has 0 saturated heterocycles. The average molecular weight is 258 g/mol. The molecule has 1 rings (SSSR count). The fraction of sp³-hybridized carbons (Fsp3) is 0.571. The Bertz CT molecular complexity index is 367. The minimum Gasteiger partial charge on any atom is -0.307 e. The van der Waals surface area contributed by atoms with Crippen LogP contribution in [0.1, 0.15) is 45.7 Å². The van der Waals surface area contributed by atoms with E-state index in [1.165, 1.54) is 6.07 Å². The summed E-state index contributed by atoms with van der Waals surface area (Å²) in [5.41, 5.74) is 1.02. The third kappa shape index (κ3) is 3.97. The molecule has 96 valence electrons. The molecule has 0 spiro atoms. The zero-order valence-corrected chi connectivity index (χ0v) is 11.7. The van der Waals surface area contributed by atoms with Crippen LogP contribution in [0.15, 0.2) is 18.2 Å². The van der Waals surface area contributed by atoms with Crippen LogP contribution in [0.3, 0.4) is 0 Å². The van der Waals surface area contributed by atoms with Gasteiger partial charge in [0, 0.05) is 12.1 Å². The van der Waals surface area contributed by atoms with Crippen molar-refractivity contribution in [3.8, 4) is 0 Å². The van der Waals surface area contributed by atoms with Gasteiger partial charge in [0.15, 0.2) is 0 Å². The van der Waals surface area contributed by atoms with Gasteiger partial charge in [0.1, 0.15) is 5.82 Å². The van der Waals surface area contributed by atoms with E-state index in [4.69, 9.17) is 11.6 Å². The fourth-order valence-electron chi connectivity index (χ4n) is 1.79. The van der Waals surface area contributed by atoms with Gasteiger partial charge in [-0.2, -0.15) is 0 Å². The van der Waals surface area contributed by atoms with Gasteiger partial charge in [-0.3, -0.25) is 0 Å². The topological polar surface area (TPSA) is 12.0 Å². The maximum Gasteiger partial charge on any atom is 0.141 e. The first-order chi connectivity index (χ1) is 7.95. The summed E-state index contributed by atoms with van der Waals surface area (Å²) in [6, 6.07) is 5.50. The number of halogens is 2. The first kappa shape index (κ1) is 14.5.